The summed E-state index contributed by atoms with van der Waals surface area (Å²) in [5, 5.41) is 9.57. The molecule has 1 aromatic carbocycles. The van der Waals surface area contributed by atoms with Crippen LogP contribution in [0.1, 0.15) is 47.9 Å². The van der Waals surface area contributed by atoms with Crippen LogP contribution in [0, 0.1) is 20.8 Å². The fourth-order valence-corrected chi connectivity index (χ4v) is 2.92. The fraction of sp³-hybridized carbons (Fsp3) is 0.533. The molecule has 2 rings (SSSR count). The van der Waals surface area contributed by atoms with Crippen LogP contribution in [0.5, 0.6) is 0 Å². The van der Waals surface area contributed by atoms with E-state index < -0.39 is 11.4 Å². The molecule has 1 N–H and O–H groups in total. The molecule has 0 radical (unpaired) electrons. The molecule has 0 aliphatic heterocycles. The summed E-state index contributed by atoms with van der Waals surface area (Å²) in [7, 11) is 0. The molecule has 1 aliphatic carbocycles. The topological polar surface area (TPSA) is 37.3 Å². The van der Waals surface area contributed by atoms with E-state index in [4.69, 9.17) is 0 Å². The van der Waals surface area contributed by atoms with Gasteiger partial charge in [0, 0.05) is 0 Å². The Morgan fingerprint density at radius 3 is 2.00 bits per heavy atom. The van der Waals surface area contributed by atoms with E-state index in [1.54, 1.807) is 0 Å². The van der Waals surface area contributed by atoms with Gasteiger partial charge in [-0.25, -0.2) is 0 Å². The van der Waals surface area contributed by atoms with E-state index in [9.17, 15) is 9.90 Å². The lowest BCUT2D eigenvalue weighted by molar-refractivity contribution is -0.143. The first-order chi connectivity index (χ1) is 7.97. The number of benzene rings is 1. The summed E-state index contributed by atoms with van der Waals surface area (Å²) in [6.45, 7) is 6.23. The van der Waals surface area contributed by atoms with Crippen molar-refractivity contribution in [1.29, 1.82) is 0 Å². The maximum Gasteiger partial charge on any atom is 0.314 e. The van der Waals surface area contributed by atoms with Crippen molar-refractivity contribution in [3.8, 4) is 0 Å². The largest absolute Gasteiger partial charge is 0.481 e. The van der Waals surface area contributed by atoms with Gasteiger partial charge >= 0.3 is 5.97 Å². The van der Waals surface area contributed by atoms with Gasteiger partial charge in [0.1, 0.15) is 0 Å². The summed E-state index contributed by atoms with van der Waals surface area (Å²) < 4.78 is 0. The standard InChI is InChI=1S/C15H20O2/c1-10-8-13(9-11(2)12(10)3)15(14(16)17)6-4-5-7-15/h8-9H,4-7H2,1-3H3,(H,16,17). The molecule has 0 saturated heterocycles. The van der Waals surface area contributed by atoms with Gasteiger partial charge in [0.05, 0.1) is 5.41 Å². The van der Waals surface area contributed by atoms with E-state index in [0.717, 1.165) is 31.2 Å². The Kier molecular flexibility index (Phi) is 2.98. The Morgan fingerprint density at radius 2 is 1.59 bits per heavy atom. The van der Waals surface area contributed by atoms with E-state index in [0.29, 0.717) is 0 Å². The number of carboxylic acids is 1. The van der Waals surface area contributed by atoms with Crippen LogP contribution in [-0.4, -0.2) is 11.1 Å². The van der Waals surface area contributed by atoms with E-state index in [1.807, 2.05) is 0 Å². The second-order valence-electron chi connectivity index (χ2n) is 5.33. The summed E-state index contributed by atoms with van der Waals surface area (Å²) in [6, 6.07) is 4.14. The third kappa shape index (κ3) is 1.86. The SMILES string of the molecule is Cc1cc(C2(C(=O)O)CCCC2)cc(C)c1C. The Morgan fingerprint density at radius 1 is 1.12 bits per heavy atom. The van der Waals surface area contributed by atoms with Crippen LogP contribution >= 0.6 is 0 Å². The van der Waals surface area contributed by atoms with Gasteiger partial charge in [0.15, 0.2) is 0 Å². The number of rotatable bonds is 2. The molecule has 2 heteroatoms. The predicted octanol–water partition coefficient (Wildman–Crippen LogP) is 3.51. The molecule has 0 spiro atoms. The molecular weight excluding hydrogens is 212 g/mol. The number of hydrogen-bond acceptors (Lipinski definition) is 1. The van der Waals surface area contributed by atoms with Crippen molar-refractivity contribution in [2.24, 2.45) is 0 Å². The minimum atomic E-state index is -0.655. The maximum atomic E-state index is 11.6. The molecule has 0 unspecified atom stereocenters. The first-order valence-corrected chi connectivity index (χ1v) is 6.29. The monoisotopic (exact) mass is 232 g/mol. The summed E-state index contributed by atoms with van der Waals surface area (Å²) in [5.74, 6) is -0.655. The van der Waals surface area contributed by atoms with Crippen molar-refractivity contribution in [2.45, 2.75) is 51.9 Å². The lowest BCUT2D eigenvalue weighted by Crippen LogP contribution is -2.32. The van der Waals surface area contributed by atoms with Crippen LogP contribution < -0.4 is 0 Å². The summed E-state index contributed by atoms with van der Waals surface area (Å²) in [5.41, 5.74) is 4.05. The van der Waals surface area contributed by atoms with Crippen molar-refractivity contribution >= 4 is 5.97 Å². The molecule has 1 aliphatic rings. The molecule has 0 amide bonds. The number of carboxylic acid groups (broad SMARTS) is 1. The molecule has 0 bridgehead atoms. The molecule has 1 aromatic rings. The number of hydrogen-bond donors (Lipinski definition) is 1. The number of aliphatic carboxylic acids is 1. The van der Waals surface area contributed by atoms with Gasteiger partial charge in [-0.2, -0.15) is 0 Å². The highest BCUT2D eigenvalue weighted by Gasteiger charge is 2.43. The Hall–Kier alpha value is -1.31. The van der Waals surface area contributed by atoms with Crippen LogP contribution in [0.2, 0.25) is 0 Å². The van der Waals surface area contributed by atoms with Gasteiger partial charge in [0.2, 0.25) is 0 Å². The van der Waals surface area contributed by atoms with Gasteiger partial charge in [-0.05, 0) is 55.9 Å². The zero-order valence-corrected chi connectivity index (χ0v) is 10.8. The zero-order valence-electron chi connectivity index (χ0n) is 10.8. The van der Waals surface area contributed by atoms with Crippen molar-refractivity contribution in [3.63, 3.8) is 0 Å². The van der Waals surface area contributed by atoms with Gasteiger partial charge < -0.3 is 5.11 Å². The lowest BCUT2D eigenvalue weighted by Gasteiger charge is -2.26. The average molecular weight is 232 g/mol. The van der Waals surface area contributed by atoms with Crippen LogP contribution in [0.25, 0.3) is 0 Å². The summed E-state index contributed by atoms with van der Waals surface area (Å²) in [4.78, 5) is 11.6. The second kappa shape index (κ2) is 4.17. The Balaban J connectivity index is 2.55. The Labute approximate surface area is 103 Å². The maximum absolute atomic E-state index is 11.6. The highest BCUT2D eigenvalue weighted by Crippen LogP contribution is 2.42. The minimum absolute atomic E-state index is 0.622. The molecule has 17 heavy (non-hydrogen) atoms. The van der Waals surface area contributed by atoms with Gasteiger partial charge in [-0.1, -0.05) is 25.0 Å². The minimum Gasteiger partial charge on any atom is -0.481 e. The van der Waals surface area contributed by atoms with E-state index >= 15 is 0 Å². The average Bonchev–Trinajstić information content (AvgIpc) is 2.75. The molecule has 0 heterocycles. The van der Waals surface area contributed by atoms with Gasteiger partial charge in [-0.3, -0.25) is 4.79 Å². The highest BCUT2D eigenvalue weighted by atomic mass is 16.4. The first-order valence-electron chi connectivity index (χ1n) is 6.29. The number of carbonyl (C=O) groups is 1. The van der Waals surface area contributed by atoms with Crippen LogP contribution in [0.3, 0.4) is 0 Å². The summed E-state index contributed by atoms with van der Waals surface area (Å²) in [6.07, 6.45) is 3.62. The Bertz CT molecular complexity index is 431. The molecule has 92 valence electrons. The smallest absolute Gasteiger partial charge is 0.314 e. The van der Waals surface area contributed by atoms with Crippen LogP contribution in [0.15, 0.2) is 12.1 Å². The van der Waals surface area contributed by atoms with Crippen molar-refractivity contribution in [1.82, 2.24) is 0 Å². The van der Waals surface area contributed by atoms with Crippen LogP contribution in [-0.2, 0) is 10.2 Å². The molecule has 0 aromatic heterocycles. The quantitative estimate of drug-likeness (QED) is 0.847. The van der Waals surface area contributed by atoms with E-state index in [1.165, 1.54) is 16.7 Å². The lowest BCUT2D eigenvalue weighted by atomic mass is 9.77. The molecule has 1 fully saturated rings. The van der Waals surface area contributed by atoms with E-state index in [-0.39, 0.29) is 0 Å². The highest BCUT2D eigenvalue weighted by molar-refractivity contribution is 5.82. The molecule has 0 atom stereocenters. The second-order valence-corrected chi connectivity index (χ2v) is 5.33. The molecule has 2 nitrogen and oxygen atoms in total. The normalized spacial score (nSPS) is 18.3. The molecular formula is C15H20O2. The zero-order chi connectivity index (χ0) is 12.6. The van der Waals surface area contributed by atoms with Crippen molar-refractivity contribution < 1.29 is 9.90 Å². The van der Waals surface area contributed by atoms with Crippen molar-refractivity contribution in [2.75, 3.05) is 0 Å². The fourth-order valence-electron chi connectivity index (χ4n) is 2.92. The third-order valence-corrected chi connectivity index (χ3v) is 4.35. The van der Waals surface area contributed by atoms with Crippen molar-refractivity contribution in [3.05, 3.63) is 34.4 Å². The predicted molar refractivity (Wildman–Crippen MR) is 68.4 cm³/mol. The van der Waals surface area contributed by atoms with Gasteiger partial charge in [0.25, 0.3) is 0 Å². The van der Waals surface area contributed by atoms with Gasteiger partial charge in [-0.15, -0.1) is 0 Å². The van der Waals surface area contributed by atoms with E-state index in [2.05, 4.69) is 32.9 Å². The van der Waals surface area contributed by atoms with Crippen LogP contribution in [0.4, 0.5) is 0 Å². The summed E-state index contributed by atoms with van der Waals surface area (Å²) >= 11 is 0. The third-order valence-electron chi connectivity index (χ3n) is 4.35. The first kappa shape index (κ1) is 12.2. The molecule has 1 saturated carbocycles. The number of aryl methyl sites for hydroxylation is 2.